The lowest BCUT2D eigenvalue weighted by Gasteiger charge is -2.27. The van der Waals surface area contributed by atoms with Gasteiger partial charge >= 0.3 is 0 Å². The molecule has 4 heterocycles. The third-order valence-electron chi connectivity index (χ3n) is 8.99. The summed E-state index contributed by atoms with van der Waals surface area (Å²) in [5.74, 6) is -0.0317. The molecule has 4 aromatic rings. The molecule has 6 rings (SSSR count). The van der Waals surface area contributed by atoms with Gasteiger partial charge < -0.3 is 34.9 Å². The Hall–Kier alpha value is -4.07. The number of imidazole rings is 2. The number of hydrogen-bond acceptors (Lipinski definition) is 8. The number of aliphatic hydroxyl groups excluding tert-OH is 2. The van der Waals surface area contributed by atoms with Crippen molar-refractivity contribution in [2.45, 2.75) is 39.0 Å². The number of rotatable bonds is 8. The molecule has 46 heavy (non-hydrogen) atoms. The molecule has 1 atom stereocenters. The summed E-state index contributed by atoms with van der Waals surface area (Å²) >= 11 is 6.91. The highest BCUT2D eigenvalue weighted by atomic mass is 35.5. The Balaban J connectivity index is 1.21. The molecule has 2 aliphatic heterocycles. The van der Waals surface area contributed by atoms with Gasteiger partial charge in [0, 0.05) is 82.3 Å². The van der Waals surface area contributed by atoms with Gasteiger partial charge in [-0.1, -0.05) is 35.9 Å². The van der Waals surface area contributed by atoms with Crippen LogP contribution in [-0.2, 0) is 40.0 Å². The van der Waals surface area contributed by atoms with Crippen molar-refractivity contribution in [3.8, 4) is 11.1 Å². The Labute approximate surface area is 272 Å². The first kappa shape index (κ1) is 31.9. The van der Waals surface area contributed by atoms with Crippen molar-refractivity contribution in [3.05, 3.63) is 81.4 Å². The number of halogens is 1. The van der Waals surface area contributed by atoms with Gasteiger partial charge in [-0.3, -0.25) is 14.5 Å². The zero-order valence-corrected chi connectivity index (χ0v) is 27.2. The molecule has 2 aliphatic rings. The number of anilines is 2. The predicted molar refractivity (Wildman–Crippen MR) is 176 cm³/mol. The maximum absolute atomic E-state index is 13.5. The van der Waals surface area contributed by atoms with Crippen LogP contribution in [-0.4, -0.2) is 90.3 Å². The van der Waals surface area contributed by atoms with Crippen molar-refractivity contribution < 1.29 is 19.8 Å². The maximum atomic E-state index is 13.5. The van der Waals surface area contributed by atoms with Crippen LogP contribution in [0.2, 0.25) is 5.02 Å². The molecule has 0 saturated heterocycles. The van der Waals surface area contributed by atoms with Gasteiger partial charge in [-0.15, -0.1) is 0 Å². The predicted octanol–water partition coefficient (Wildman–Crippen LogP) is 2.99. The first-order valence-corrected chi connectivity index (χ1v) is 15.7. The minimum Gasteiger partial charge on any atom is -0.394 e. The molecule has 242 valence electrons. The average molecular weight is 647 g/mol. The van der Waals surface area contributed by atoms with E-state index in [-0.39, 0.29) is 18.4 Å². The molecule has 4 N–H and O–H groups in total. The third-order valence-corrected chi connectivity index (χ3v) is 9.39. The lowest BCUT2D eigenvalue weighted by molar-refractivity contribution is 0.0544. The van der Waals surface area contributed by atoms with Gasteiger partial charge in [0.1, 0.15) is 0 Å². The number of benzene rings is 2. The highest BCUT2D eigenvalue weighted by Gasteiger charge is 2.27. The number of carbonyl (C=O) groups is 2. The molecule has 2 aromatic heterocycles. The molecule has 0 spiro atoms. The van der Waals surface area contributed by atoms with E-state index in [4.69, 9.17) is 11.6 Å². The van der Waals surface area contributed by atoms with E-state index in [2.05, 4.69) is 25.5 Å². The Morgan fingerprint density at radius 3 is 2.09 bits per heavy atom. The first-order valence-electron chi connectivity index (χ1n) is 15.4. The zero-order valence-electron chi connectivity index (χ0n) is 26.5. The van der Waals surface area contributed by atoms with E-state index in [1.807, 2.05) is 72.4 Å². The number of nitrogens with zero attached hydrogens (tertiary/aromatic N) is 6. The van der Waals surface area contributed by atoms with Crippen molar-refractivity contribution in [1.29, 1.82) is 0 Å². The van der Waals surface area contributed by atoms with Crippen molar-refractivity contribution >= 4 is 34.8 Å². The summed E-state index contributed by atoms with van der Waals surface area (Å²) < 4.78 is 3.68. The Morgan fingerprint density at radius 2 is 1.43 bits per heavy atom. The minimum absolute atomic E-state index is 0.296. The van der Waals surface area contributed by atoms with Crippen molar-refractivity contribution in [3.63, 3.8) is 0 Å². The lowest BCUT2D eigenvalue weighted by Crippen LogP contribution is -2.38. The van der Waals surface area contributed by atoms with Gasteiger partial charge in [0.15, 0.2) is 11.6 Å². The number of β-amino-alcohol motifs (C(OH)–C–C–N with tert-alkyl or cyclic N) is 1. The van der Waals surface area contributed by atoms with E-state index >= 15 is 0 Å². The van der Waals surface area contributed by atoms with Crippen LogP contribution in [0.1, 0.15) is 49.6 Å². The van der Waals surface area contributed by atoms with E-state index in [0.29, 0.717) is 66.2 Å². The summed E-state index contributed by atoms with van der Waals surface area (Å²) in [5.41, 5.74) is 7.18. The molecular weight excluding hydrogens is 608 g/mol. The highest BCUT2D eigenvalue weighted by Crippen LogP contribution is 2.38. The zero-order chi connectivity index (χ0) is 32.7. The summed E-state index contributed by atoms with van der Waals surface area (Å²) in [6.07, 6.45) is 0.703. The van der Waals surface area contributed by atoms with Crippen LogP contribution in [0.3, 0.4) is 0 Å². The molecular formula is C33H39ClN8O4. The average Bonchev–Trinajstić information content (AvgIpc) is 3.54. The number of carbonyl (C=O) groups excluding carboxylic acids is 2. The van der Waals surface area contributed by atoms with E-state index < -0.39 is 6.10 Å². The van der Waals surface area contributed by atoms with Gasteiger partial charge in [0.2, 0.25) is 0 Å². The topological polar surface area (TPSA) is 141 Å². The van der Waals surface area contributed by atoms with Crippen LogP contribution in [0.25, 0.3) is 11.1 Å². The quantitative estimate of drug-likeness (QED) is 0.229. The largest absolute Gasteiger partial charge is 0.394 e. The van der Waals surface area contributed by atoms with Crippen LogP contribution in [0, 0.1) is 6.92 Å². The summed E-state index contributed by atoms with van der Waals surface area (Å²) in [6.45, 7) is 4.77. The fraction of sp³-hybridized carbons (Fsp3) is 0.394. The molecule has 0 aliphatic carbocycles. The van der Waals surface area contributed by atoms with Crippen molar-refractivity contribution in [2.75, 3.05) is 43.9 Å². The maximum Gasteiger partial charge on any atom is 0.291 e. The molecule has 0 bridgehead atoms. The Morgan fingerprint density at radius 1 is 0.870 bits per heavy atom. The third kappa shape index (κ3) is 6.06. The monoisotopic (exact) mass is 646 g/mol. The van der Waals surface area contributed by atoms with Crippen LogP contribution >= 0.6 is 11.6 Å². The Bertz CT molecular complexity index is 1820. The van der Waals surface area contributed by atoms with Gasteiger partial charge in [0.25, 0.3) is 11.8 Å². The SMILES string of the molecule is Cc1c(NC(=O)c2nc3c(n2C)CCN(CC(O)CO)C3)cccc1-c1cccc(NC(=O)c2nc3c(n2C)CCN(C)C3)c1Cl. The van der Waals surface area contributed by atoms with Gasteiger partial charge in [-0.2, -0.15) is 0 Å². The molecule has 0 radical (unpaired) electrons. The number of fused-ring (bicyclic) bond motifs is 2. The summed E-state index contributed by atoms with van der Waals surface area (Å²) in [5, 5.41) is 25.4. The molecule has 0 fully saturated rings. The van der Waals surface area contributed by atoms with Gasteiger partial charge in [-0.05, 0) is 37.2 Å². The molecule has 1 unspecified atom stereocenters. The molecule has 2 aromatic carbocycles. The van der Waals surface area contributed by atoms with Crippen LogP contribution in [0.5, 0.6) is 0 Å². The number of amides is 2. The fourth-order valence-electron chi connectivity index (χ4n) is 6.41. The fourth-order valence-corrected chi connectivity index (χ4v) is 6.69. The number of nitrogens with one attached hydrogen (secondary N) is 2. The second kappa shape index (κ2) is 13.0. The first-order chi connectivity index (χ1) is 22.0. The van der Waals surface area contributed by atoms with E-state index in [9.17, 15) is 19.8 Å². The van der Waals surface area contributed by atoms with E-state index in [0.717, 1.165) is 46.9 Å². The molecule has 13 heteroatoms. The van der Waals surface area contributed by atoms with Crippen LogP contribution in [0.4, 0.5) is 11.4 Å². The second-order valence-corrected chi connectivity index (χ2v) is 12.5. The minimum atomic E-state index is -0.817. The van der Waals surface area contributed by atoms with E-state index in [1.54, 1.807) is 6.07 Å². The summed E-state index contributed by atoms with van der Waals surface area (Å²) in [7, 11) is 5.74. The normalized spacial score (nSPS) is 15.7. The van der Waals surface area contributed by atoms with Crippen molar-refractivity contribution in [1.82, 2.24) is 28.9 Å². The van der Waals surface area contributed by atoms with Crippen LogP contribution < -0.4 is 10.6 Å². The molecule has 12 nitrogen and oxygen atoms in total. The van der Waals surface area contributed by atoms with Gasteiger partial charge in [-0.25, -0.2) is 9.97 Å². The smallest absolute Gasteiger partial charge is 0.291 e. The van der Waals surface area contributed by atoms with E-state index in [1.165, 1.54) is 0 Å². The number of hydrogen-bond donors (Lipinski definition) is 4. The number of likely N-dealkylation sites (N-methyl/N-ethyl adjacent to an activating group) is 1. The summed E-state index contributed by atoms with van der Waals surface area (Å²) in [6, 6.07) is 11.1. The number of aromatic nitrogens is 4. The Kier molecular flexibility index (Phi) is 8.99. The second-order valence-electron chi connectivity index (χ2n) is 12.1. The van der Waals surface area contributed by atoms with Crippen LogP contribution in [0.15, 0.2) is 36.4 Å². The highest BCUT2D eigenvalue weighted by molar-refractivity contribution is 6.36. The van der Waals surface area contributed by atoms with Gasteiger partial charge in [0.05, 0.1) is 34.8 Å². The summed E-state index contributed by atoms with van der Waals surface area (Å²) in [4.78, 5) is 40.3. The lowest BCUT2D eigenvalue weighted by atomic mass is 9.98. The standard InChI is InChI=1S/C33H39ClN8O4/c1-19-21(22-8-6-10-24(29(22)34)38-33(46)31-35-25-16-39(2)13-11-27(25)40(31)3)7-5-9-23(19)37-32(45)30-36-26-17-42(15-20(44)18-43)14-12-28(26)41(30)4/h5-10,20,43-44H,11-18H2,1-4H3,(H,37,45)(H,38,46). The molecule has 0 saturated carbocycles. The van der Waals surface area contributed by atoms with Crippen molar-refractivity contribution in [2.24, 2.45) is 14.1 Å². The number of aliphatic hydroxyl groups is 2. The molecule has 2 amide bonds.